The van der Waals surface area contributed by atoms with Gasteiger partial charge in [-0.25, -0.2) is 8.42 Å². The van der Waals surface area contributed by atoms with Crippen LogP contribution in [0.3, 0.4) is 0 Å². The minimum atomic E-state index is -3.51. The molecule has 0 aliphatic carbocycles. The van der Waals surface area contributed by atoms with Crippen LogP contribution in [-0.4, -0.2) is 20.8 Å². The minimum Gasteiger partial charge on any atom is -0.494 e. The van der Waals surface area contributed by atoms with E-state index < -0.39 is 14.5 Å². The average Bonchev–Trinajstić information content (AvgIpc) is 2.15. The second-order valence-electron chi connectivity index (χ2n) is 4.52. The van der Waals surface area contributed by atoms with Gasteiger partial charge in [0, 0.05) is 16.1 Å². The summed E-state index contributed by atoms with van der Waals surface area (Å²) in [6.45, 7) is 6.22. The van der Waals surface area contributed by atoms with Crippen LogP contribution in [0.4, 0.5) is 0 Å². The van der Waals surface area contributed by atoms with Crippen molar-refractivity contribution in [2.24, 2.45) is 0 Å². The van der Waals surface area contributed by atoms with Gasteiger partial charge in [0.25, 0.3) is 0 Å². The predicted molar refractivity (Wildman–Crippen MR) is 70.3 cm³/mol. The highest BCUT2D eigenvalue weighted by Gasteiger charge is 2.26. The maximum atomic E-state index is 11.1. The maximum Gasteiger partial charge on any atom is 0.233 e. The number of hydrogen-bond acceptors (Lipinski definition) is 3. The summed E-state index contributed by atoms with van der Waals surface area (Å²) < 4.78 is 27.6. The van der Waals surface area contributed by atoms with Crippen molar-refractivity contribution >= 4 is 19.7 Å². The Labute approximate surface area is 107 Å². The number of hydrogen-bond donors (Lipinski definition) is 0. The van der Waals surface area contributed by atoms with Crippen molar-refractivity contribution in [1.82, 2.24) is 0 Å². The molecule has 0 spiro atoms. The van der Waals surface area contributed by atoms with Crippen LogP contribution in [0.2, 0.25) is 0 Å². The van der Waals surface area contributed by atoms with Crippen LogP contribution in [0, 0.1) is 0 Å². The van der Waals surface area contributed by atoms with Crippen molar-refractivity contribution in [2.45, 2.75) is 26.2 Å². The number of ether oxygens (including phenoxy) is 1. The van der Waals surface area contributed by atoms with Crippen LogP contribution in [-0.2, 0) is 14.5 Å². The molecule has 0 aliphatic rings. The summed E-state index contributed by atoms with van der Waals surface area (Å²) in [5, 5.41) is 0. The molecule has 17 heavy (non-hydrogen) atoms. The molecule has 1 rings (SSSR count). The van der Waals surface area contributed by atoms with Crippen LogP contribution in [0.5, 0.6) is 5.75 Å². The van der Waals surface area contributed by atoms with Gasteiger partial charge < -0.3 is 4.74 Å². The normalized spacial score (nSPS) is 12.5. The quantitative estimate of drug-likeness (QED) is 0.777. The van der Waals surface area contributed by atoms with Crippen molar-refractivity contribution in [1.29, 1.82) is 0 Å². The lowest BCUT2D eigenvalue weighted by molar-refractivity contribution is 0.340. The summed E-state index contributed by atoms with van der Waals surface area (Å²) in [5.74, 6) is 0.691. The van der Waals surface area contributed by atoms with E-state index in [0.717, 1.165) is 11.3 Å². The van der Waals surface area contributed by atoms with Gasteiger partial charge in [-0.3, -0.25) is 0 Å². The minimum absolute atomic E-state index is 0.0878. The molecule has 0 aromatic heterocycles. The summed E-state index contributed by atoms with van der Waals surface area (Å²) in [6.07, 6.45) is 0. The Bertz CT molecular complexity index is 463. The average molecular weight is 277 g/mol. The van der Waals surface area contributed by atoms with Crippen LogP contribution in [0.25, 0.3) is 0 Å². The Kier molecular flexibility index (Phi) is 4.44. The Balaban J connectivity index is 2.91. The molecular weight excluding hydrogens is 260 g/mol. The smallest absolute Gasteiger partial charge is 0.233 e. The topological polar surface area (TPSA) is 43.4 Å². The van der Waals surface area contributed by atoms with E-state index in [1.807, 2.05) is 45.0 Å². The zero-order valence-corrected chi connectivity index (χ0v) is 11.8. The molecule has 0 amide bonds. The third-order valence-electron chi connectivity index (χ3n) is 2.48. The maximum absolute atomic E-state index is 11.1. The van der Waals surface area contributed by atoms with Gasteiger partial charge in [0.15, 0.2) is 0 Å². The van der Waals surface area contributed by atoms with Gasteiger partial charge in [-0.2, -0.15) is 0 Å². The lowest BCUT2D eigenvalue weighted by Crippen LogP contribution is -2.25. The Hall–Kier alpha value is -0.740. The monoisotopic (exact) mass is 276 g/mol. The second kappa shape index (κ2) is 5.27. The molecule has 1 aromatic carbocycles. The molecule has 0 atom stereocenters. The van der Waals surface area contributed by atoms with E-state index in [9.17, 15) is 8.42 Å². The van der Waals surface area contributed by atoms with Gasteiger partial charge in [-0.05, 0) is 24.6 Å². The fourth-order valence-electron chi connectivity index (χ4n) is 1.68. The first-order valence-electron chi connectivity index (χ1n) is 5.40. The van der Waals surface area contributed by atoms with Crippen molar-refractivity contribution in [3.05, 3.63) is 29.8 Å². The SMILES string of the molecule is CCOc1ccc(C(C)(C)CS(=O)(=O)Cl)cc1. The van der Waals surface area contributed by atoms with E-state index in [-0.39, 0.29) is 5.75 Å². The summed E-state index contributed by atoms with van der Waals surface area (Å²) in [7, 11) is 1.79. The fraction of sp³-hybridized carbons (Fsp3) is 0.500. The van der Waals surface area contributed by atoms with Crippen molar-refractivity contribution < 1.29 is 13.2 Å². The largest absolute Gasteiger partial charge is 0.494 e. The van der Waals surface area contributed by atoms with E-state index in [4.69, 9.17) is 15.4 Å². The van der Waals surface area contributed by atoms with Gasteiger partial charge in [0.05, 0.1) is 12.4 Å². The van der Waals surface area contributed by atoms with E-state index in [1.165, 1.54) is 0 Å². The molecule has 0 aliphatic heterocycles. The van der Waals surface area contributed by atoms with Crippen LogP contribution >= 0.6 is 10.7 Å². The number of benzene rings is 1. The van der Waals surface area contributed by atoms with Crippen molar-refractivity contribution in [3.63, 3.8) is 0 Å². The molecule has 0 unspecified atom stereocenters. The van der Waals surface area contributed by atoms with E-state index >= 15 is 0 Å². The molecular formula is C12H17ClO3S. The summed E-state index contributed by atoms with van der Waals surface area (Å²) in [5.41, 5.74) is 0.413. The van der Waals surface area contributed by atoms with Gasteiger partial charge in [-0.1, -0.05) is 26.0 Å². The van der Waals surface area contributed by atoms with Gasteiger partial charge in [-0.15, -0.1) is 0 Å². The number of halogens is 1. The van der Waals surface area contributed by atoms with Gasteiger partial charge in [0.2, 0.25) is 9.05 Å². The molecule has 0 radical (unpaired) electrons. The third kappa shape index (κ3) is 4.56. The first-order valence-corrected chi connectivity index (χ1v) is 7.88. The summed E-state index contributed by atoms with van der Waals surface area (Å²) in [6, 6.07) is 7.41. The van der Waals surface area contributed by atoms with Crippen molar-refractivity contribution in [3.8, 4) is 5.75 Å². The molecule has 0 fully saturated rings. The zero-order valence-electron chi connectivity index (χ0n) is 10.2. The van der Waals surface area contributed by atoms with Crippen molar-refractivity contribution in [2.75, 3.05) is 12.4 Å². The molecule has 3 nitrogen and oxygen atoms in total. The standard InChI is InChI=1S/C12H17ClO3S/c1-4-16-11-7-5-10(6-8-11)12(2,3)9-17(13,14)15/h5-8H,4,9H2,1-3H3. The number of rotatable bonds is 5. The van der Waals surface area contributed by atoms with Gasteiger partial charge >= 0.3 is 0 Å². The zero-order chi connectivity index (χ0) is 13.1. The van der Waals surface area contributed by atoms with E-state index in [0.29, 0.717) is 6.61 Å². The van der Waals surface area contributed by atoms with Crippen LogP contribution in [0.1, 0.15) is 26.3 Å². The predicted octanol–water partition coefficient (Wildman–Crippen LogP) is 2.93. The highest BCUT2D eigenvalue weighted by molar-refractivity contribution is 8.13. The van der Waals surface area contributed by atoms with E-state index in [1.54, 1.807) is 0 Å². The highest BCUT2D eigenvalue weighted by atomic mass is 35.7. The van der Waals surface area contributed by atoms with Crippen LogP contribution in [0.15, 0.2) is 24.3 Å². The molecule has 0 N–H and O–H groups in total. The lowest BCUT2D eigenvalue weighted by atomic mass is 9.87. The van der Waals surface area contributed by atoms with E-state index in [2.05, 4.69) is 0 Å². The summed E-state index contributed by atoms with van der Waals surface area (Å²) in [4.78, 5) is 0. The van der Waals surface area contributed by atoms with Gasteiger partial charge in [0.1, 0.15) is 5.75 Å². The Morgan fingerprint density at radius 1 is 1.24 bits per heavy atom. The molecule has 0 saturated carbocycles. The first-order chi connectivity index (χ1) is 7.74. The first kappa shape index (κ1) is 14.3. The Morgan fingerprint density at radius 3 is 2.18 bits per heavy atom. The molecule has 5 heteroatoms. The molecule has 96 valence electrons. The Morgan fingerprint density at radius 2 is 1.76 bits per heavy atom. The fourth-order valence-corrected chi connectivity index (χ4v) is 3.53. The highest BCUT2D eigenvalue weighted by Crippen LogP contribution is 2.27. The molecule has 0 saturated heterocycles. The summed E-state index contributed by atoms with van der Waals surface area (Å²) >= 11 is 0. The molecule has 1 aromatic rings. The lowest BCUT2D eigenvalue weighted by Gasteiger charge is -2.23. The molecule has 0 heterocycles. The second-order valence-corrected chi connectivity index (χ2v) is 7.30. The molecule has 0 bridgehead atoms. The van der Waals surface area contributed by atoms with Crippen LogP contribution < -0.4 is 4.74 Å². The third-order valence-corrected chi connectivity index (χ3v) is 3.87.